The van der Waals surface area contributed by atoms with E-state index in [2.05, 4.69) is 10.6 Å². The van der Waals surface area contributed by atoms with E-state index in [0.29, 0.717) is 32.8 Å². The van der Waals surface area contributed by atoms with E-state index < -0.39 is 12.0 Å². The summed E-state index contributed by atoms with van der Waals surface area (Å²) in [5.74, 6) is 0.139. The predicted octanol–water partition coefficient (Wildman–Crippen LogP) is 3.54. The third-order valence-electron chi connectivity index (χ3n) is 6.43. The van der Waals surface area contributed by atoms with Crippen molar-refractivity contribution in [3.05, 3.63) is 83.8 Å². The van der Waals surface area contributed by atoms with E-state index in [9.17, 15) is 9.59 Å². The number of aryl methyl sites for hydroxylation is 1. The monoisotopic (exact) mass is 493 g/mol. The van der Waals surface area contributed by atoms with Gasteiger partial charge in [-0.1, -0.05) is 42.9 Å². The van der Waals surface area contributed by atoms with Crippen molar-refractivity contribution in [3.8, 4) is 5.75 Å². The Morgan fingerprint density at radius 1 is 1.23 bits per heavy atom. The van der Waals surface area contributed by atoms with Gasteiger partial charge in [-0.15, -0.1) is 0 Å². The lowest BCUT2D eigenvalue weighted by Gasteiger charge is -2.26. The molecule has 1 aliphatic heterocycles. The molecular formula is C27H31N3O4S. The molecule has 0 saturated carbocycles. The molecule has 0 unspecified atom stereocenters. The molecule has 4 rings (SSSR count). The van der Waals surface area contributed by atoms with Crippen molar-refractivity contribution in [2.75, 3.05) is 13.7 Å². The quantitative estimate of drug-likeness (QED) is 0.472. The Hall–Kier alpha value is -3.39. The van der Waals surface area contributed by atoms with Gasteiger partial charge in [-0.05, 0) is 51.0 Å². The number of carbonyl (C=O) groups excluding carboxylic acids is 1. The Bertz CT molecular complexity index is 1490. The number of hydrogen-bond donors (Lipinski definition) is 0. The molecule has 0 fully saturated rings. The van der Waals surface area contributed by atoms with E-state index in [1.165, 1.54) is 11.3 Å². The van der Waals surface area contributed by atoms with E-state index in [4.69, 9.17) is 14.5 Å². The first-order valence-corrected chi connectivity index (χ1v) is 12.6. The highest BCUT2D eigenvalue weighted by Gasteiger charge is 2.35. The zero-order chi connectivity index (χ0) is 25.3. The van der Waals surface area contributed by atoms with Crippen molar-refractivity contribution < 1.29 is 14.3 Å². The number of aromatic nitrogens is 2. The number of ether oxygens (including phenoxy) is 2. The van der Waals surface area contributed by atoms with Crippen LogP contribution in [0.3, 0.4) is 0 Å². The Balaban J connectivity index is 2.05. The van der Waals surface area contributed by atoms with Crippen LogP contribution in [0.2, 0.25) is 0 Å². The average molecular weight is 494 g/mol. The van der Waals surface area contributed by atoms with Crippen molar-refractivity contribution in [2.24, 2.45) is 12.0 Å². The number of rotatable bonds is 7. The van der Waals surface area contributed by atoms with E-state index in [1.54, 1.807) is 18.6 Å². The first-order chi connectivity index (χ1) is 16.8. The van der Waals surface area contributed by atoms with Gasteiger partial charge in [0.25, 0.3) is 5.56 Å². The van der Waals surface area contributed by atoms with E-state index >= 15 is 0 Å². The zero-order valence-corrected chi connectivity index (χ0v) is 21.9. The number of esters is 1. The molecule has 1 aromatic carbocycles. The van der Waals surface area contributed by atoms with Crippen molar-refractivity contribution >= 4 is 23.4 Å². The second kappa shape index (κ2) is 10.1. The number of allylic oxidation sites excluding steroid dienone is 1. The largest absolute Gasteiger partial charge is 0.496 e. The summed E-state index contributed by atoms with van der Waals surface area (Å²) in [6.45, 7) is 8.12. The zero-order valence-electron chi connectivity index (χ0n) is 21.0. The van der Waals surface area contributed by atoms with Crippen LogP contribution in [0.1, 0.15) is 55.2 Å². The van der Waals surface area contributed by atoms with Gasteiger partial charge >= 0.3 is 5.97 Å². The van der Waals surface area contributed by atoms with Crippen LogP contribution in [0, 0.1) is 13.8 Å². The minimum absolute atomic E-state index is 0.192. The summed E-state index contributed by atoms with van der Waals surface area (Å²) < 4.78 is 15.4. The number of hydrogen-bond acceptors (Lipinski definition) is 6. The van der Waals surface area contributed by atoms with Gasteiger partial charge in [0.05, 0.1) is 29.5 Å². The molecule has 184 valence electrons. The van der Waals surface area contributed by atoms with E-state index in [0.717, 1.165) is 28.9 Å². The first-order valence-electron chi connectivity index (χ1n) is 11.8. The molecule has 0 amide bonds. The molecule has 0 radical (unpaired) electrons. The fourth-order valence-electron chi connectivity index (χ4n) is 4.48. The summed E-state index contributed by atoms with van der Waals surface area (Å²) in [5, 5.41) is 0. The van der Waals surface area contributed by atoms with Crippen LogP contribution >= 0.6 is 11.3 Å². The van der Waals surface area contributed by atoms with Crippen molar-refractivity contribution in [2.45, 2.75) is 46.6 Å². The highest BCUT2D eigenvalue weighted by Crippen LogP contribution is 2.36. The van der Waals surface area contributed by atoms with Gasteiger partial charge in [0, 0.05) is 24.0 Å². The summed E-state index contributed by atoms with van der Waals surface area (Å²) in [5.41, 5.74) is 4.76. The summed E-state index contributed by atoms with van der Waals surface area (Å²) in [6.07, 6.45) is 3.32. The fourth-order valence-corrected chi connectivity index (χ4v) is 5.49. The predicted molar refractivity (Wildman–Crippen MR) is 138 cm³/mol. The minimum atomic E-state index is -0.691. The maximum Gasteiger partial charge on any atom is 0.338 e. The van der Waals surface area contributed by atoms with Crippen LogP contribution in [0.4, 0.5) is 0 Å². The summed E-state index contributed by atoms with van der Waals surface area (Å²) >= 11 is 1.34. The highest BCUT2D eigenvalue weighted by atomic mass is 32.1. The lowest BCUT2D eigenvalue weighted by atomic mass is 9.93. The van der Waals surface area contributed by atoms with Gasteiger partial charge in [0.2, 0.25) is 0 Å². The van der Waals surface area contributed by atoms with Gasteiger partial charge in [-0.2, -0.15) is 0 Å². The molecule has 35 heavy (non-hydrogen) atoms. The lowest BCUT2D eigenvalue weighted by molar-refractivity contribution is -0.139. The van der Waals surface area contributed by atoms with Crippen molar-refractivity contribution in [3.63, 3.8) is 0 Å². The average Bonchev–Trinajstić information content (AvgIpc) is 3.28. The van der Waals surface area contributed by atoms with E-state index in [1.807, 2.05) is 58.2 Å². The van der Waals surface area contributed by atoms with Crippen LogP contribution in [0.5, 0.6) is 5.75 Å². The molecule has 3 heterocycles. The molecule has 3 aromatic rings. The Morgan fingerprint density at radius 2 is 1.97 bits per heavy atom. The Kier molecular flexibility index (Phi) is 7.12. The molecule has 0 spiro atoms. The van der Waals surface area contributed by atoms with Gasteiger partial charge in [0.1, 0.15) is 11.8 Å². The van der Waals surface area contributed by atoms with Crippen LogP contribution in [-0.4, -0.2) is 28.8 Å². The molecule has 8 heteroatoms. The standard InChI is InChI=1S/C27H31N3O4S/c1-7-11-20-23(26(32)34-8-2)24(19-12-9-10-13-21(19)33-6)30-25(31)22(35-27(30)28-20)15-18-14-16(3)29(5)17(18)4/h9-10,12-15,24H,7-8,11H2,1-6H3/b22-15+/t24-/m0/s1. The molecule has 7 nitrogen and oxygen atoms in total. The van der Waals surface area contributed by atoms with Crippen LogP contribution in [0.25, 0.3) is 6.08 Å². The van der Waals surface area contributed by atoms with E-state index in [-0.39, 0.29) is 12.2 Å². The molecule has 0 aliphatic carbocycles. The molecule has 0 N–H and O–H groups in total. The van der Waals surface area contributed by atoms with Gasteiger partial charge in [-0.3, -0.25) is 9.36 Å². The first kappa shape index (κ1) is 24.7. The van der Waals surface area contributed by atoms with Gasteiger partial charge in [0.15, 0.2) is 4.80 Å². The van der Waals surface area contributed by atoms with Crippen LogP contribution in [0.15, 0.2) is 51.4 Å². The third kappa shape index (κ3) is 4.38. The number of nitrogens with zero attached hydrogens (tertiary/aromatic N) is 3. The minimum Gasteiger partial charge on any atom is -0.496 e. The number of para-hydroxylation sites is 1. The number of thiazole rings is 1. The SMILES string of the molecule is CCCC1=C(C(=O)OCC)[C@H](c2ccccc2OC)n2c(s/c(=C/c3cc(C)n(C)c3C)c2=O)=N1. The Labute approximate surface area is 208 Å². The fraction of sp³-hybridized carbons (Fsp3) is 0.370. The Morgan fingerprint density at radius 3 is 2.60 bits per heavy atom. The molecule has 1 atom stereocenters. The summed E-state index contributed by atoms with van der Waals surface area (Å²) in [6, 6.07) is 8.85. The molecule has 0 saturated heterocycles. The smallest absolute Gasteiger partial charge is 0.338 e. The second-order valence-electron chi connectivity index (χ2n) is 8.54. The van der Waals surface area contributed by atoms with Gasteiger partial charge < -0.3 is 14.0 Å². The van der Waals surface area contributed by atoms with Crippen molar-refractivity contribution in [1.82, 2.24) is 9.13 Å². The summed E-state index contributed by atoms with van der Waals surface area (Å²) in [7, 11) is 3.59. The van der Waals surface area contributed by atoms with Crippen molar-refractivity contribution in [1.29, 1.82) is 0 Å². The van der Waals surface area contributed by atoms with Gasteiger partial charge in [-0.25, -0.2) is 9.79 Å². The number of benzene rings is 1. The second-order valence-corrected chi connectivity index (χ2v) is 9.55. The molecule has 2 aromatic heterocycles. The normalized spacial score (nSPS) is 15.7. The molecule has 0 bridgehead atoms. The molecular weight excluding hydrogens is 462 g/mol. The molecule has 1 aliphatic rings. The van der Waals surface area contributed by atoms with Crippen LogP contribution < -0.4 is 19.6 Å². The summed E-state index contributed by atoms with van der Waals surface area (Å²) in [4.78, 5) is 32.5. The third-order valence-corrected chi connectivity index (χ3v) is 7.41. The number of fused-ring (bicyclic) bond motifs is 1. The van der Waals surface area contributed by atoms with Crippen LogP contribution in [-0.2, 0) is 16.6 Å². The maximum absolute atomic E-state index is 13.9. The maximum atomic E-state index is 13.9. The number of carbonyl (C=O) groups is 1. The number of methoxy groups -OCH3 is 1. The topological polar surface area (TPSA) is 74.8 Å². The lowest BCUT2D eigenvalue weighted by Crippen LogP contribution is -2.40. The highest BCUT2D eigenvalue weighted by molar-refractivity contribution is 7.07.